The van der Waals surface area contributed by atoms with E-state index in [-0.39, 0.29) is 0 Å². The molecule has 0 amide bonds. The Hall–Kier alpha value is -1.05. The van der Waals surface area contributed by atoms with Crippen molar-refractivity contribution in [2.24, 2.45) is 0 Å². The normalized spacial score (nSPS) is 18.0. The van der Waals surface area contributed by atoms with Crippen LogP contribution in [0.4, 0.5) is 5.69 Å². The third-order valence-electron chi connectivity index (χ3n) is 2.28. The van der Waals surface area contributed by atoms with E-state index in [4.69, 9.17) is 5.26 Å². The zero-order valence-electron chi connectivity index (χ0n) is 7.55. The van der Waals surface area contributed by atoms with Gasteiger partial charge in [-0.05, 0) is 18.2 Å². The summed E-state index contributed by atoms with van der Waals surface area (Å²) in [7, 11) is 0. The summed E-state index contributed by atoms with van der Waals surface area (Å²) in [6, 6.07) is 10.1. The van der Waals surface area contributed by atoms with Gasteiger partial charge in [-0.25, -0.2) is 0 Å². The lowest BCUT2D eigenvalue weighted by atomic mass is 9.94. The van der Waals surface area contributed by atoms with Gasteiger partial charge in [0.1, 0.15) is 5.54 Å². The predicted molar refractivity (Wildman–Crippen MR) is 59.0 cm³/mol. The first-order valence-corrected chi connectivity index (χ1v) is 5.19. The molecule has 1 heterocycles. The number of benzene rings is 1. The van der Waals surface area contributed by atoms with Gasteiger partial charge in [-0.15, -0.1) is 0 Å². The molecule has 1 aliphatic rings. The number of rotatable bonds is 2. The first kappa shape index (κ1) is 9.50. The van der Waals surface area contributed by atoms with Crippen molar-refractivity contribution in [3.05, 3.63) is 28.7 Å². The van der Waals surface area contributed by atoms with E-state index in [1.165, 1.54) is 0 Å². The van der Waals surface area contributed by atoms with Crippen molar-refractivity contribution in [3.63, 3.8) is 0 Å². The molecule has 14 heavy (non-hydrogen) atoms. The van der Waals surface area contributed by atoms with Crippen molar-refractivity contribution in [1.82, 2.24) is 5.32 Å². The monoisotopic (exact) mass is 251 g/mol. The highest BCUT2D eigenvalue weighted by molar-refractivity contribution is 9.10. The summed E-state index contributed by atoms with van der Waals surface area (Å²) in [6.45, 7) is 1.41. The van der Waals surface area contributed by atoms with Crippen LogP contribution in [0.5, 0.6) is 0 Å². The minimum absolute atomic E-state index is 0.416. The fourth-order valence-electron chi connectivity index (χ4n) is 1.41. The van der Waals surface area contributed by atoms with Gasteiger partial charge in [0.25, 0.3) is 0 Å². The van der Waals surface area contributed by atoms with Crippen molar-refractivity contribution >= 4 is 21.6 Å². The molecule has 2 N–H and O–H groups in total. The second kappa shape index (κ2) is 3.60. The van der Waals surface area contributed by atoms with Gasteiger partial charge in [-0.2, -0.15) is 5.26 Å². The standard InChI is InChI=1S/C10H10BrN3/c11-8-2-1-3-9(4-8)14-10(5-12)6-13-7-10/h1-4,13-14H,6-7H2. The van der Waals surface area contributed by atoms with E-state index in [0.29, 0.717) is 13.1 Å². The summed E-state index contributed by atoms with van der Waals surface area (Å²) in [6.07, 6.45) is 0. The van der Waals surface area contributed by atoms with Gasteiger partial charge in [0, 0.05) is 23.2 Å². The maximum absolute atomic E-state index is 9.00. The Labute approximate surface area is 91.2 Å². The Morgan fingerprint density at radius 3 is 2.79 bits per heavy atom. The number of anilines is 1. The van der Waals surface area contributed by atoms with E-state index in [2.05, 4.69) is 32.6 Å². The fraction of sp³-hybridized carbons (Fsp3) is 0.300. The van der Waals surface area contributed by atoms with E-state index in [9.17, 15) is 0 Å². The molecular weight excluding hydrogens is 242 g/mol. The highest BCUT2D eigenvalue weighted by Gasteiger charge is 2.36. The molecular formula is C10H10BrN3. The second-order valence-electron chi connectivity index (χ2n) is 3.43. The van der Waals surface area contributed by atoms with Crippen LogP contribution < -0.4 is 10.6 Å². The third-order valence-corrected chi connectivity index (χ3v) is 2.77. The zero-order chi connectivity index (χ0) is 10.0. The topological polar surface area (TPSA) is 47.9 Å². The Kier molecular flexibility index (Phi) is 2.44. The summed E-state index contributed by atoms with van der Waals surface area (Å²) >= 11 is 3.39. The molecule has 0 spiro atoms. The molecule has 0 radical (unpaired) electrons. The van der Waals surface area contributed by atoms with E-state index in [1.807, 2.05) is 24.3 Å². The van der Waals surface area contributed by atoms with E-state index in [1.54, 1.807) is 0 Å². The number of nitriles is 1. The lowest BCUT2D eigenvalue weighted by Crippen LogP contribution is -2.63. The molecule has 1 saturated heterocycles. The molecule has 0 unspecified atom stereocenters. The fourth-order valence-corrected chi connectivity index (χ4v) is 1.81. The maximum Gasteiger partial charge on any atom is 0.150 e. The van der Waals surface area contributed by atoms with E-state index < -0.39 is 5.54 Å². The number of nitrogens with one attached hydrogen (secondary N) is 2. The molecule has 4 heteroatoms. The van der Waals surface area contributed by atoms with Gasteiger partial charge >= 0.3 is 0 Å². The van der Waals surface area contributed by atoms with Gasteiger partial charge in [0.05, 0.1) is 6.07 Å². The Morgan fingerprint density at radius 2 is 2.29 bits per heavy atom. The van der Waals surface area contributed by atoms with Crippen LogP contribution >= 0.6 is 15.9 Å². The molecule has 0 bridgehead atoms. The molecule has 1 aromatic rings. The summed E-state index contributed by atoms with van der Waals surface area (Å²) in [5, 5.41) is 15.3. The lowest BCUT2D eigenvalue weighted by Gasteiger charge is -2.37. The summed E-state index contributed by atoms with van der Waals surface area (Å²) in [5.41, 5.74) is 0.559. The second-order valence-corrected chi connectivity index (χ2v) is 4.35. The van der Waals surface area contributed by atoms with Crippen LogP contribution in [0, 0.1) is 11.3 Å². The SMILES string of the molecule is N#CC1(Nc2cccc(Br)c2)CNC1. The van der Waals surface area contributed by atoms with E-state index >= 15 is 0 Å². The predicted octanol–water partition coefficient (Wildman–Crippen LogP) is 1.73. The smallest absolute Gasteiger partial charge is 0.150 e. The lowest BCUT2D eigenvalue weighted by molar-refractivity contribution is 0.387. The number of halogens is 1. The van der Waals surface area contributed by atoms with Crippen LogP contribution in [0.15, 0.2) is 28.7 Å². The molecule has 1 aliphatic heterocycles. The number of hydrogen-bond donors (Lipinski definition) is 2. The molecule has 0 aromatic heterocycles. The van der Waals surface area contributed by atoms with Crippen LogP contribution in [0.25, 0.3) is 0 Å². The average Bonchev–Trinajstić information content (AvgIpc) is 2.11. The summed E-state index contributed by atoms with van der Waals surface area (Å²) < 4.78 is 1.02. The molecule has 72 valence electrons. The van der Waals surface area contributed by atoms with Crippen molar-refractivity contribution in [2.75, 3.05) is 18.4 Å². The Morgan fingerprint density at radius 1 is 1.50 bits per heavy atom. The van der Waals surface area contributed by atoms with Crippen LogP contribution in [0.3, 0.4) is 0 Å². The highest BCUT2D eigenvalue weighted by Crippen LogP contribution is 2.21. The molecule has 0 aliphatic carbocycles. The van der Waals surface area contributed by atoms with Crippen molar-refractivity contribution in [2.45, 2.75) is 5.54 Å². The van der Waals surface area contributed by atoms with Crippen LogP contribution in [0.2, 0.25) is 0 Å². The van der Waals surface area contributed by atoms with Crippen LogP contribution in [-0.4, -0.2) is 18.6 Å². The minimum atomic E-state index is -0.416. The van der Waals surface area contributed by atoms with Crippen LogP contribution in [-0.2, 0) is 0 Å². The summed E-state index contributed by atoms with van der Waals surface area (Å²) in [4.78, 5) is 0. The van der Waals surface area contributed by atoms with Crippen molar-refractivity contribution < 1.29 is 0 Å². The first-order valence-electron chi connectivity index (χ1n) is 4.40. The molecule has 1 aromatic carbocycles. The molecule has 2 rings (SSSR count). The molecule has 0 atom stereocenters. The largest absolute Gasteiger partial charge is 0.365 e. The van der Waals surface area contributed by atoms with Crippen molar-refractivity contribution in [1.29, 1.82) is 5.26 Å². The number of nitrogens with zero attached hydrogens (tertiary/aromatic N) is 1. The highest BCUT2D eigenvalue weighted by atomic mass is 79.9. The minimum Gasteiger partial charge on any atom is -0.365 e. The molecule has 0 saturated carbocycles. The van der Waals surface area contributed by atoms with Gasteiger partial charge < -0.3 is 10.6 Å². The molecule has 1 fully saturated rings. The summed E-state index contributed by atoms with van der Waals surface area (Å²) in [5.74, 6) is 0. The van der Waals surface area contributed by atoms with Gasteiger partial charge in [0.2, 0.25) is 0 Å². The Bertz CT molecular complexity index is 379. The van der Waals surface area contributed by atoms with Gasteiger partial charge in [-0.1, -0.05) is 22.0 Å². The van der Waals surface area contributed by atoms with Gasteiger partial charge in [-0.3, -0.25) is 0 Å². The average molecular weight is 252 g/mol. The number of hydrogen-bond acceptors (Lipinski definition) is 3. The Balaban J connectivity index is 2.14. The van der Waals surface area contributed by atoms with Crippen LogP contribution in [0.1, 0.15) is 0 Å². The molecule has 3 nitrogen and oxygen atoms in total. The maximum atomic E-state index is 9.00. The first-order chi connectivity index (χ1) is 6.74. The van der Waals surface area contributed by atoms with E-state index in [0.717, 1.165) is 10.2 Å². The van der Waals surface area contributed by atoms with Gasteiger partial charge in [0.15, 0.2) is 0 Å². The third kappa shape index (κ3) is 1.74. The quantitative estimate of drug-likeness (QED) is 0.842. The zero-order valence-corrected chi connectivity index (χ0v) is 9.13. The van der Waals surface area contributed by atoms with Crippen molar-refractivity contribution in [3.8, 4) is 6.07 Å².